The molecule has 0 aliphatic carbocycles. The molecule has 2 heterocycles. The fourth-order valence-corrected chi connectivity index (χ4v) is 4.07. The van der Waals surface area contributed by atoms with E-state index < -0.39 is 0 Å². The summed E-state index contributed by atoms with van der Waals surface area (Å²) in [6.07, 6.45) is 1.63. The minimum absolute atomic E-state index is 0.400. The Kier molecular flexibility index (Phi) is 3.41. The Labute approximate surface area is 107 Å². The maximum absolute atomic E-state index is 5.59. The summed E-state index contributed by atoms with van der Waals surface area (Å²) in [7, 11) is 0. The largest absolute Gasteiger partial charge is 0.376 e. The van der Waals surface area contributed by atoms with Crippen molar-refractivity contribution in [3.8, 4) is 0 Å². The van der Waals surface area contributed by atoms with E-state index in [-0.39, 0.29) is 0 Å². The first-order valence-corrected chi connectivity index (χ1v) is 7.28. The van der Waals surface area contributed by atoms with Crippen molar-refractivity contribution in [3.05, 3.63) is 29.8 Å². The average Bonchev–Trinajstić information content (AvgIpc) is 2.71. The van der Waals surface area contributed by atoms with Crippen molar-refractivity contribution < 1.29 is 4.74 Å². The minimum Gasteiger partial charge on any atom is -0.376 e. The van der Waals surface area contributed by atoms with E-state index in [4.69, 9.17) is 4.74 Å². The topological polar surface area (TPSA) is 12.5 Å². The van der Waals surface area contributed by atoms with E-state index in [9.17, 15) is 0 Å². The highest BCUT2D eigenvalue weighted by atomic mass is 32.2. The average molecular weight is 249 g/mol. The molecular weight excluding hydrogens is 230 g/mol. The molecule has 1 aromatic rings. The molecule has 2 unspecified atom stereocenters. The van der Waals surface area contributed by atoms with Gasteiger partial charge in [-0.2, -0.15) is 0 Å². The number of nitrogens with zero attached hydrogens (tertiary/aromatic N) is 1. The van der Waals surface area contributed by atoms with Gasteiger partial charge in [-0.25, -0.2) is 0 Å². The summed E-state index contributed by atoms with van der Waals surface area (Å²) in [5, 5.41) is 0.734. The van der Waals surface area contributed by atoms with Crippen LogP contribution in [0.15, 0.2) is 29.2 Å². The lowest BCUT2D eigenvalue weighted by Crippen LogP contribution is -2.43. The zero-order chi connectivity index (χ0) is 11.7. The normalized spacial score (nSPS) is 29.2. The van der Waals surface area contributed by atoms with Crippen LogP contribution in [0.1, 0.15) is 12.5 Å². The van der Waals surface area contributed by atoms with Crippen LogP contribution in [-0.2, 0) is 11.2 Å². The van der Waals surface area contributed by atoms with Gasteiger partial charge in [0.05, 0.1) is 12.7 Å². The molecule has 0 spiro atoms. The van der Waals surface area contributed by atoms with Gasteiger partial charge in [0.15, 0.2) is 0 Å². The number of thioether (sulfide) groups is 1. The molecule has 0 saturated carbocycles. The first-order chi connectivity index (χ1) is 8.31. The molecule has 92 valence electrons. The summed E-state index contributed by atoms with van der Waals surface area (Å²) in [6, 6.07) is 8.82. The first kappa shape index (κ1) is 11.6. The Morgan fingerprint density at radius 3 is 3.12 bits per heavy atom. The summed E-state index contributed by atoms with van der Waals surface area (Å²) in [5.41, 5.74) is 1.53. The van der Waals surface area contributed by atoms with E-state index in [0.29, 0.717) is 6.10 Å². The van der Waals surface area contributed by atoms with Crippen LogP contribution in [0.25, 0.3) is 0 Å². The highest BCUT2D eigenvalue weighted by Gasteiger charge is 2.25. The second-order valence-electron chi connectivity index (χ2n) is 4.99. The van der Waals surface area contributed by atoms with Crippen molar-refractivity contribution in [1.82, 2.24) is 4.90 Å². The van der Waals surface area contributed by atoms with Crippen LogP contribution in [0.2, 0.25) is 0 Å². The molecule has 3 heteroatoms. The SMILES string of the molecule is CC1CN(CC2Cc3ccccc3S2)CCO1. The number of hydrogen-bond donors (Lipinski definition) is 0. The first-order valence-electron chi connectivity index (χ1n) is 6.40. The summed E-state index contributed by atoms with van der Waals surface area (Å²) in [4.78, 5) is 4.04. The second kappa shape index (κ2) is 5.01. The van der Waals surface area contributed by atoms with Gasteiger partial charge in [0.2, 0.25) is 0 Å². The van der Waals surface area contributed by atoms with Gasteiger partial charge < -0.3 is 4.74 Å². The van der Waals surface area contributed by atoms with E-state index in [1.54, 1.807) is 0 Å². The molecule has 2 aliphatic heterocycles. The molecule has 1 saturated heterocycles. The molecule has 1 fully saturated rings. The Bertz CT molecular complexity index is 371. The van der Waals surface area contributed by atoms with E-state index in [2.05, 4.69) is 36.1 Å². The van der Waals surface area contributed by atoms with Crippen molar-refractivity contribution in [3.63, 3.8) is 0 Å². The fourth-order valence-electron chi connectivity index (χ4n) is 2.70. The third kappa shape index (κ3) is 2.67. The Balaban J connectivity index is 1.58. The van der Waals surface area contributed by atoms with Crippen LogP contribution in [0.4, 0.5) is 0 Å². The van der Waals surface area contributed by atoms with Gasteiger partial charge in [0.25, 0.3) is 0 Å². The molecule has 1 aromatic carbocycles. The third-order valence-corrected chi connectivity index (χ3v) is 4.80. The van der Waals surface area contributed by atoms with Crippen molar-refractivity contribution in [2.45, 2.75) is 29.6 Å². The molecule has 2 atom stereocenters. The van der Waals surface area contributed by atoms with Gasteiger partial charge in [0.1, 0.15) is 0 Å². The van der Waals surface area contributed by atoms with Crippen LogP contribution in [-0.4, -0.2) is 42.5 Å². The van der Waals surface area contributed by atoms with Gasteiger partial charge in [-0.15, -0.1) is 11.8 Å². The molecule has 0 amide bonds. The molecule has 17 heavy (non-hydrogen) atoms. The lowest BCUT2D eigenvalue weighted by atomic mass is 10.1. The monoisotopic (exact) mass is 249 g/mol. The van der Waals surface area contributed by atoms with Crippen molar-refractivity contribution in [2.24, 2.45) is 0 Å². The standard InChI is InChI=1S/C14H19NOS/c1-11-9-15(6-7-16-11)10-13-8-12-4-2-3-5-14(12)17-13/h2-5,11,13H,6-10H2,1H3. The molecule has 0 radical (unpaired) electrons. The Morgan fingerprint density at radius 1 is 1.41 bits per heavy atom. The van der Waals surface area contributed by atoms with Crippen LogP contribution >= 0.6 is 11.8 Å². The molecule has 2 nitrogen and oxygen atoms in total. The van der Waals surface area contributed by atoms with E-state index >= 15 is 0 Å². The Hall–Kier alpha value is -0.510. The quantitative estimate of drug-likeness (QED) is 0.799. The zero-order valence-electron chi connectivity index (χ0n) is 10.3. The van der Waals surface area contributed by atoms with E-state index in [0.717, 1.165) is 24.9 Å². The third-order valence-electron chi connectivity index (χ3n) is 3.50. The molecule has 2 aliphatic rings. The van der Waals surface area contributed by atoms with Gasteiger partial charge in [-0.05, 0) is 25.0 Å². The van der Waals surface area contributed by atoms with E-state index in [1.165, 1.54) is 23.4 Å². The van der Waals surface area contributed by atoms with Gasteiger partial charge in [-0.1, -0.05) is 18.2 Å². The van der Waals surface area contributed by atoms with E-state index in [1.807, 2.05) is 11.8 Å². The highest BCUT2D eigenvalue weighted by Crippen LogP contribution is 2.37. The zero-order valence-corrected chi connectivity index (χ0v) is 11.1. The van der Waals surface area contributed by atoms with Crippen molar-refractivity contribution in [1.29, 1.82) is 0 Å². The molecule has 0 bridgehead atoms. The number of rotatable bonds is 2. The second-order valence-corrected chi connectivity index (χ2v) is 6.33. The maximum atomic E-state index is 5.59. The number of benzene rings is 1. The molecule has 0 N–H and O–H groups in total. The van der Waals surface area contributed by atoms with Crippen LogP contribution in [0.3, 0.4) is 0 Å². The van der Waals surface area contributed by atoms with Crippen LogP contribution < -0.4 is 0 Å². The van der Waals surface area contributed by atoms with Crippen molar-refractivity contribution >= 4 is 11.8 Å². The number of ether oxygens (including phenoxy) is 1. The van der Waals surface area contributed by atoms with Crippen molar-refractivity contribution in [2.75, 3.05) is 26.2 Å². The highest BCUT2D eigenvalue weighted by molar-refractivity contribution is 8.00. The molecular formula is C14H19NOS. The lowest BCUT2D eigenvalue weighted by Gasteiger charge is -2.32. The number of morpholine rings is 1. The van der Waals surface area contributed by atoms with Gasteiger partial charge >= 0.3 is 0 Å². The van der Waals surface area contributed by atoms with Crippen LogP contribution in [0, 0.1) is 0 Å². The maximum Gasteiger partial charge on any atom is 0.0674 e. The smallest absolute Gasteiger partial charge is 0.0674 e. The summed E-state index contributed by atoms with van der Waals surface area (Å²) in [6.45, 7) is 6.45. The number of hydrogen-bond acceptors (Lipinski definition) is 3. The van der Waals surface area contributed by atoms with Gasteiger partial charge in [0, 0.05) is 29.8 Å². The predicted octanol–water partition coefficient (Wildman–Crippen LogP) is 2.42. The minimum atomic E-state index is 0.400. The molecule has 0 aromatic heterocycles. The molecule has 3 rings (SSSR count). The number of fused-ring (bicyclic) bond motifs is 1. The lowest BCUT2D eigenvalue weighted by molar-refractivity contribution is -0.0178. The van der Waals surface area contributed by atoms with Gasteiger partial charge in [-0.3, -0.25) is 4.90 Å². The summed E-state index contributed by atoms with van der Waals surface area (Å²) in [5.74, 6) is 0. The van der Waals surface area contributed by atoms with Crippen LogP contribution in [0.5, 0.6) is 0 Å². The summed E-state index contributed by atoms with van der Waals surface area (Å²) < 4.78 is 5.59. The Morgan fingerprint density at radius 2 is 2.29 bits per heavy atom. The fraction of sp³-hybridized carbons (Fsp3) is 0.571. The summed E-state index contributed by atoms with van der Waals surface area (Å²) >= 11 is 2.05. The predicted molar refractivity (Wildman–Crippen MR) is 71.6 cm³/mol.